The molecule has 7 aromatic rings. The predicted molar refractivity (Wildman–Crippen MR) is 169 cm³/mol. The van der Waals surface area contributed by atoms with Gasteiger partial charge in [0.1, 0.15) is 11.6 Å². The zero-order valence-electron chi connectivity index (χ0n) is 24.1. The maximum atomic E-state index is 5.03. The summed E-state index contributed by atoms with van der Waals surface area (Å²) in [4.78, 5) is 14.7. The van der Waals surface area contributed by atoms with Crippen molar-refractivity contribution in [2.45, 2.75) is 26.7 Å². The number of nitrogens with one attached hydrogen (secondary N) is 1. The molecule has 1 saturated heterocycles. The van der Waals surface area contributed by atoms with E-state index in [1.807, 2.05) is 30.3 Å². The minimum atomic E-state index is 0.696. The smallest absolute Gasteiger partial charge is 0.204 e. The summed E-state index contributed by atoms with van der Waals surface area (Å²) in [6.45, 7) is 7.67. The normalized spacial score (nSPS) is 14.0. The van der Waals surface area contributed by atoms with E-state index in [-0.39, 0.29) is 0 Å². The Morgan fingerprint density at radius 3 is 1.81 bits per heavy atom. The van der Waals surface area contributed by atoms with Gasteiger partial charge in [-0.1, -0.05) is 38.1 Å². The van der Waals surface area contributed by atoms with Crippen LogP contribution in [0.1, 0.15) is 25.5 Å². The van der Waals surface area contributed by atoms with E-state index in [2.05, 4.69) is 101 Å². The maximum Gasteiger partial charge on any atom is 0.204 e. The van der Waals surface area contributed by atoms with Gasteiger partial charge in [0.15, 0.2) is 11.6 Å². The third-order valence-corrected chi connectivity index (χ3v) is 8.28. The number of rotatable bonds is 6. The molecule has 11 nitrogen and oxygen atoms in total. The molecule has 0 radical (unpaired) electrons. The van der Waals surface area contributed by atoms with E-state index < -0.39 is 0 Å². The van der Waals surface area contributed by atoms with Crippen LogP contribution >= 0.6 is 0 Å². The summed E-state index contributed by atoms with van der Waals surface area (Å²) in [6, 6.07) is 24.8. The first-order valence-electron chi connectivity index (χ1n) is 14.8. The molecule has 1 N–H and O–H groups in total. The Labute approximate surface area is 247 Å². The van der Waals surface area contributed by atoms with Gasteiger partial charge >= 0.3 is 0 Å². The lowest BCUT2D eigenvalue weighted by atomic mass is 10.2. The molecule has 1 aliphatic heterocycles. The van der Waals surface area contributed by atoms with E-state index in [9.17, 15) is 0 Å². The van der Waals surface area contributed by atoms with Crippen molar-refractivity contribution in [3.8, 4) is 0 Å². The summed E-state index contributed by atoms with van der Waals surface area (Å²) >= 11 is 0. The number of aromatic nitrogens is 8. The quantitative estimate of drug-likeness (QED) is 0.294. The number of fused-ring (bicyclic) bond motifs is 6. The monoisotopic (exact) mass is 569 g/mol. The number of benzene rings is 3. The molecule has 1 fully saturated rings. The van der Waals surface area contributed by atoms with E-state index in [4.69, 9.17) is 9.97 Å². The van der Waals surface area contributed by atoms with Crippen LogP contribution in [0.3, 0.4) is 0 Å². The molecule has 0 atom stereocenters. The molecule has 0 unspecified atom stereocenters. The molecular weight excluding hydrogens is 538 g/mol. The van der Waals surface area contributed by atoms with Crippen LogP contribution in [0.4, 0.5) is 23.0 Å². The molecule has 3 aromatic carbocycles. The van der Waals surface area contributed by atoms with Crippen molar-refractivity contribution in [2.24, 2.45) is 0 Å². The van der Waals surface area contributed by atoms with Crippen molar-refractivity contribution in [3.05, 3.63) is 84.4 Å². The first-order valence-corrected chi connectivity index (χ1v) is 14.8. The predicted octanol–water partition coefficient (Wildman–Crippen LogP) is 5.06. The Balaban J connectivity index is 1.02. The topological polar surface area (TPSA) is 105 Å². The van der Waals surface area contributed by atoms with Gasteiger partial charge in [-0.2, -0.15) is 0 Å². The van der Waals surface area contributed by atoms with E-state index in [0.29, 0.717) is 5.82 Å². The van der Waals surface area contributed by atoms with E-state index in [0.717, 1.165) is 95.5 Å². The molecule has 0 bridgehead atoms. The number of hydrogen-bond acceptors (Lipinski definition) is 9. The molecule has 214 valence electrons. The van der Waals surface area contributed by atoms with E-state index in [1.165, 1.54) is 5.69 Å². The van der Waals surface area contributed by atoms with Crippen LogP contribution in [0, 0.1) is 0 Å². The maximum absolute atomic E-state index is 5.03. The van der Waals surface area contributed by atoms with Crippen LogP contribution in [0.5, 0.6) is 0 Å². The third kappa shape index (κ3) is 4.18. The van der Waals surface area contributed by atoms with Gasteiger partial charge in [0.05, 0.1) is 22.1 Å². The Morgan fingerprint density at radius 2 is 1.16 bits per heavy atom. The van der Waals surface area contributed by atoms with Gasteiger partial charge in [-0.05, 0) is 48.5 Å². The molecule has 0 spiro atoms. The fraction of sp³-hybridized carbons (Fsp3) is 0.250. The lowest BCUT2D eigenvalue weighted by Gasteiger charge is -2.36. The molecule has 4 aromatic heterocycles. The summed E-state index contributed by atoms with van der Waals surface area (Å²) in [5.74, 6) is 3.47. The van der Waals surface area contributed by atoms with Crippen molar-refractivity contribution < 1.29 is 0 Å². The minimum Gasteiger partial charge on any atom is -0.368 e. The second-order valence-electron chi connectivity index (χ2n) is 10.8. The van der Waals surface area contributed by atoms with Gasteiger partial charge in [-0.25, -0.2) is 9.97 Å². The third-order valence-electron chi connectivity index (χ3n) is 8.28. The second kappa shape index (κ2) is 10.2. The highest BCUT2D eigenvalue weighted by Gasteiger charge is 2.23. The standard InChI is InChI=1S/C32H31N11/c1-3-27-36-38-30-29(34-23-9-5-7-11-25(23)42(27)30)33-21-13-15-22(16-14-21)40-17-19-41(20-18-40)31-32-39-37-28(4-2)43(32)26-12-8-6-10-24(26)35-31/h5-16H,3-4,17-20H2,1-2H3,(H,33,34). The van der Waals surface area contributed by atoms with Crippen LogP contribution in [0.15, 0.2) is 72.8 Å². The number of para-hydroxylation sites is 4. The van der Waals surface area contributed by atoms with Crippen molar-refractivity contribution in [3.63, 3.8) is 0 Å². The first kappa shape index (κ1) is 25.4. The van der Waals surface area contributed by atoms with Gasteiger partial charge in [-0.15, -0.1) is 20.4 Å². The van der Waals surface area contributed by atoms with Crippen molar-refractivity contribution in [1.82, 2.24) is 39.2 Å². The Morgan fingerprint density at radius 1 is 0.605 bits per heavy atom. The van der Waals surface area contributed by atoms with Crippen LogP contribution < -0.4 is 15.1 Å². The van der Waals surface area contributed by atoms with Gasteiger partial charge in [0.2, 0.25) is 11.3 Å². The number of piperazine rings is 1. The average molecular weight is 570 g/mol. The number of hydrogen-bond donors (Lipinski definition) is 1. The van der Waals surface area contributed by atoms with Crippen LogP contribution in [-0.4, -0.2) is 65.3 Å². The Kier molecular flexibility index (Phi) is 6.02. The fourth-order valence-corrected chi connectivity index (χ4v) is 6.09. The van der Waals surface area contributed by atoms with Crippen molar-refractivity contribution >= 4 is 56.4 Å². The number of aryl methyl sites for hydroxylation is 2. The highest BCUT2D eigenvalue weighted by Crippen LogP contribution is 2.29. The molecule has 11 heteroatoms. The fourth-order valence-electron chi connectivity index (χ4n) is 6.09. The summed E-state index contributed by atoms with van der Waals surface area (Å²) in [7, 11) is 0. The molecule has 8 rings (SSSR count). The Hall–Kier alpha value is -5.32. The summed E-state index contributed by atoms with van der Waals surface area (Å²) in [5, 5.41) is 21.4. The lowest BCUT2D eigenvalue weighted by Crippen LogP contribution is -2.47. The van der Waals surface area contributed by atoms with Crippen molar-refractivity contribution in [1.29, 1.82) is 0 Å². The molecule has 0 aliphatic carbocycles. The SMILES string of the molecule is CCc1nnc2c(Nc3ccc(N4CCN(c5nc6ccccc6n6c(CC)nnc56)CC4)cc3)nc3ccccc3n12. The minimum absolute atomic E-state index is 0.696. The second-order valence-corrected chi connectivity index (χ2v) is 10.8. The average Bonchev–Trinajstić information content (AvgIpc) is 3.70. The summed E-state index contributed by atoms with van der Waals surface area (Å²) < 4.78 is 4.26. The van der Waals surface area contributed by atoms with Gasteiger partial charge < -0.3 is 15.1 Å². The zero-order chi connectivity index (χ0) is 28.9. The number of nitrogens with zero attached hydrogens (tertiary/aromatic N) is 10. The first-order chi connectivity index (χ1) is 21.2. The van der Waals surface area contributed by atoms with Gasteiger partial charge in [-0.3, -0.25) is 8.80 Å². The van der Waals surface area contributed by atoms with Gasteiger partial charge in [0, 0.05) is 50.4 Å². The molecule has 5 heterocycles. The zero-order valence-corrected chi connectivity index (χ0v) is 24.1. The molecular formula is C32H31N11. The molecule has 0 saturated carbocycles. The van der Waals surface area contributed by atoms with E-state index in [1.54, 1.807) is 0 Å². The van der Waals surface area contributed by atoms with E-state index >= 15 is 0 Å². The van der Waals surface area contributed by atoms with Gasteiger partial charge in [0.25, 0.3) is 0 Å². The van der Waals surface area contributed by atoms with Crippen molar-refractivity contribution in [2.75, 3.05) is 41.3 Å². The highest BCUT2D eigenvalue weighted by atomic mass is 15.3. The number of anilines is 4. The largest absolute Gasteiger partial charge is 0.368 e. The van der Waals surface area contributed by atoms with Crippen LogP contribution in [0.25, 0.3) is 33.4 Å². The Bertz CT molecular complexity index is 2100. The molecule has 43 heavy (non-hydrogen) atoms. The molecule has 1 aliphatic rings. The van der Waals surface area contributed by atoms with Crippen LogP contribution in [0.2, 0.25) is 0 Å². The summed E-state index contributed by atoms with van der Waals surface area (Å²) in [5.41, 5.74) is 7.61. The molecule has 0 amide bonds. The lowest BCUT2D eigenvalue weighted by molar-refractivity contribution is 0.648. The highest BCUT2D eigenvalue weighted by molar-refractivity contribution is 5.85. The van der Waals surface area contributed by atoms with Crippen LogP contribution in [-0.2, 0) is 12.8 Å². The summed E-state index contributed by atoms with van der Waals surface area (Å²) in [6.07, 6.45) is 1.60.